The zero-order valence-corrected chi connectivity index (χ0v) is 65.9. The minimum absolute atomic E-state index is 0.845. The Labute approximate surface area is 695 Å². The van der Waals surface area contributed by atoms with Gasteiger partial charge in [-0.15, -0.1) is 0 Å². The third-order valence-electron chi connectivity index (χ3n) is 22.4. The summed E-state index contributed by atoms with van der Waals surface area (Å²) in [5, 5.41) is 310. The van der Waals surface area contributed by atoms with Crippen molar-refractivity contribution in [3.8, 4) is 0 Å². The van der Waals surface area contributed by atoms with E-state index in [4.69, 9.17) is 90.0 Å². The Balaban J connectivity index is 0.960. The summed E-state index contributed by atoms with van der Waals surface area (Å²) >= 11 is 0. The molecule has 0 aliphatic carbocycles. The molecule has 10 rings (SSSR count). The maximum Gasteiger partial charge on any atom is 0.335 e. The zero-order chi connectivity index (χ0) is 90.7. The van der Waals surface area contributed by atoms with Crippen LogP contribution in [0.3, 0.4) is 0 Å². The number of hydrogen-bond donors (Lipinski definition) is 31. The van der Waals surface area contributed by atoms with Crippen molar-refractivity contribution in [3.05, 3.63) is 0 Å². The van der Waals surface area contributed by atoms with Gasteiger partial charge in [-0.2, -0.15) is 0 Å². The second-order valence-electron chi connectivity index (χ2n) is 31.0. The topological polar surface area (TPSA) is 855 Å². The van der Waals surface area contributed by atoms with Crippen LogP contribution in [-0.4, -0.2) is 527 Å². The van der Waals surface area contributed by atoms with E-state index in [1.165, 1.54) is 6.92 Å². The summed E-state index contributed by atoms with van der Waals surface area (Å²) in [5.74, 6) is -5.61. The van der Waals surface area contributed by atoms with Gasteiger partial charge < -0.3 is 249 Å². The van der Waals surface area contributed by atoms with E-state index in [0.29, 0.717) is 0 Å². The monoisotopic (exact) mass is 1800 g/mol. The van der Waals surface area contributed by atoms with Gasteiger partial charge in [0.1, 0.15) is 232 Å². The van der Waals surface area contributed by atoms with Crippen LogP contribution in [0.25, 0.3) is 0 Å². The van der Waals surface area contributed by atoms with Crippen LogP contribution < -0.4 is 21.3 Å². The molecule has 50 atom stereocenters. The Morgan fingerprint density at radius 1 is 0.252 bits per heavy atom. The molecule has 4 amide bonds. The fraction of sp³-hybridized carbons (Fsp3) is 0.926. The standard InChI is InChI=1S/C68H112N4O51/c1-14-31(83)41(93)46(98)63(107-14)105-13-26-52(38(90)27(59(104)108-26)69-15(2)79)116-61-29(71-17(4)81)39(91)51(23(10-77)113-61)118-66-49(101)54(120-68-57(44(96)34(86)21(8-75)112-68)123-60-28(70-16(3)80)37(89)32(84)19(6-73)109-60)36(88)25(115-66)12-106-67-56(43(95)33(85)20(7-74)111-67)122-62-30(72-18(5)82)40(92)50(24(11-78)114-62)117-65-48(100)53(35(87)22(9-76)110-65)119-64-47(99)42(94)45(97)55(121-64)58(102)103/h14,19-57,59-68,73-78,83-101,104H,6-13H2,1-5H3,(H,69,79)(H,70,80)(H,71,81)(H,72,82)(H,102,103)/t14-,19-,20-,21-,22-,23-,24-,25-,26-,27-,28-,29-,30-,31+,32-,33-,34-,35+,36-,37-,38-,39-,40-,41+,42+,43+,44+,45+,46-,47-,48-,49+,50-,51-,52-,53+,54+,55+,56+,57+,59+,60+,61+,62+,63+,64-,65+,66+,67+,68-/m1/s1. The smallest absolute Gasteiger partial charge is 0.335 e. The molecule has 31 N–H and O–H groups in total. The number of aliphatic carboxylic acids is 1. The van der Waals surface area contributed by atoms with Crippen LogP contribution in [0.15, 0.2) is 0 Å². The molecule has 0 aromatic heterocycles. The Kier molecular flexibility index (Phi) is 35.6. The van der Waals surface area contributed by atoms with Gasteiger partial charge >= 0.3 is 5.97 Å². The minimum Gasteiger partial charge on any atom is -0.479 e. The van der Waals surface area contributed by atoms with Crippen molar-refractivity contribution < 1.29 is 252 Å². The fourth-order valence-electron chi connectivity index (χ4n) is 15.8. The molecule has 0 aromatic rings. The van der Waals surface area contributed by atoms with E-state index in [1.54, 1.807) is 0 Å². The van der Waals surface area contributed by atoms with Gasteiger partial charge in [0.05, 0.1) is 59.0 Å². The second kappa shape index (κ2) is 43.5. The summed E-state index contributed by atoms with van der Waals surface area (Å²) in [7, 11) is 0. The number of rotatable bonds is 31. The number of carbonyl (C=O) groups is 5. The number of ether oxygens (including phenoxy) is 19. The van der Waals surface area contributed by atoms with E-state index in [-0.39, 0.29) is 0 Å². The van der Waals surface area contributed by atoms with E-state index < -0.39 is 389 Å². The lowest BCUT2D eigenvalue weighted by molar-refractivity contribution is -0.397. The average molecular weight is 1800 g/mol. The highest BCUT2D eigenvalue weighted by Gasteiger charge is 2.62. The third kappa shape index (κ3) is 22.3. The summed E-state index contributed by atoms with van der Waals surface area (Å²) in [5.41, 5.74) is 0. The van der Waals surface area contributed by atoms with Crippen LogP contribution in [0.5, 0.6) is 0 Å². The van der Waals surface area contributed by atoms with E-state index in [9.17, 15) is 162 Å². The first kappa shape index (κ1) is 101. The van der Waals surface area contributed by atoms with Crippen molar-refractivity contribution in [3.63, 3.8) is 0 Å². The highest BCUT2D eigenvalue weighted by atomic mass is 16.8. The van der Waals surface area contributed by atoms with E-state index in [0.717, 1.165) is 27.7 Å². The number of aliphatic hydroxyl groups is 26. The van der Waals surface area contributed by atoms with Gasteiger partial charge in [-0.1, -0.05) is 0 Å². The maximum atomic E-state index is 13.2. The van der Waals surface area contributed by atoms with Gasteiger partial charge in [0.25, 0.3) is 0 Å². The summed E-state index contributed by atoms with van der Waals surface area (Å²) in [4.78, 5) is 63.2. The summed E-state index contributed by atoms with van der Waals surface area (Å²) < 4.78 is 112. The second-order valence-corrected chi connectivity index (χ2v) is 31.0. The van der Waals surface area contributed by atoms with Crippen molar-refractivity contribution in [2.75, 3.05) is 52.9 Å². The fourth-order valence-corrected chi connectivity index (χ4v) is 15.8. The molecule has 0 bridgehead atoms. The lowest BCUT2D eigenvalue weighted by Gasteiger charge is -2.51. The first-order valence-electron chi connectivity index (χ1n) is 39.0. The van der Waals surface area contributed by atoms with Gasteiger partial charge in [0.15, 0.2) is 69.0 Å². The summed E-state index contributed by atoms with van der Waals surface area (Å²) in [6.07, 6.45) is -97.8. The van der Waals surface area contributed by atoms with Crippen LogP contribution in [0.1, 0.15) is 34.6 Å². The Morgan fingerprint density at radius 3 is 1.02 bits per heavy atom. The number of carboxylic acids is 1. The molecule has 10 aliphatic rings. The molecule has 0 spiro atoms. The van der Waals surface area contributed by atoms with Gasteiger partial charge in [0, 0.05) is 27.7 Å². The first-order valence-corrected chi connectivity index (χ1v) is 39.0. The highest BCUT2D eigenvalue weighted by molar-refractivity contribution is 5.75. The van der Waals surface area contributed by atoms with Crippen LogP contribution in [0, 0.1) is 0 Å². The molecular weight excluding hydrogens is 1690 g/mol. The predicted octanol–water partition coefficient (Wildman–Crippen LogP) is -21.1. The number of amides is 4. The van der Waals surface area contributed by atoms with Crippen LogP contribution in [0.2, 0.25) is 0 Å². The van der Waals surface area contributed by atoms with Crippen molar-refractivity contribution >= 4 is 29.6 Å². The van der Waals surface area contributed by atoms with Gasteiger partial charge in [0.2, 0.25) is 23.6 Å². The Bertz CT molecular complexity index is 3380. The molecule has 10 heterocycles. The van der Waals surface area contributed by atoms with Gasteiger partial charge in [-0.05, 0) is 6.92 Å². The largest absolute Gasteiger partial charge is 0.479 e. The van der Waals surface area contributed by atoms with E-state index in [2.05, 4.69) is 21.3 Å². The molecule has 10 saturated heterocycles. The van der Waals surface area contributed by atoms with Crippen molar-refractivity contribution in [2.24, 2.45) is 0 Å². The summed E-state index contributed by atoms with van der Waals surface area (Å²) in [6, 6.07) is -7.63. The van der Waals surface area contributed by atoms with Crippen molar-refractivity contribution in [1.29, 1.82) is 0 Å². The normalized spacial score (nSPS) is 49.4. The quantitative estimate of drug-likeness (QED) is 0.0306. The molecule has 0 radical (unpaired) electrons. The minimum atomic E-state index is -2.60. The molecular formula is C68H112N4O51. The SMILES string of the molecule is CC(=O)N[C@@H]1[C@@H](O)[C@H](O[C@@H]2O[C@H](CO)[C@@H](O[C@@H]3O[C@H](CO[C@H]4O[C@H](CO)[C@@H](O)[C@H](O)[C@@H]4O[C@@H]4O[C@H](CO)[C@@H](O[C@@H]5O[C@H](CO)[C@H](O)[C@H](O[C@@H]6O[C@H](C(=O)O)[C@@H](O)[C@H](O)[C@H]6O)[C@H]5O)[C@H](O)[C@H]4NC(C)=O)[C@@H](O)[C@H](O[C@H]4O[C@H](CO)[C@@H](O)[C@H](O)[C@@H]4O[C@@H]4O[C@H](CO)[C@@H](O)[C@H](O)[C@H]4NC(C)=O)[C@@H]3O)[C@H](O)[C@H]2NC(C)=O)[C@@H](CO[C@H]2O[C@H](C)[C@H](O)[C@H](O)[C@H]2O)O[C@@H]1O. The zero-order valence-electron chi connectivity index (χ0n) is 65.9. The molecule has 0 unspecified atom stereocenters. The highest BCUT2D eigenvalue weighted by Crippen LogP contribution is 2.41. The molecule has 123 heavy (non-hydrogen) atoms. The van der Waals surface area contributed by atoms with Crippen molar-refractivity contribution in [2.45, 2.75) is 341 Å². The molecule has 55 heteroatoms. The number of aliphatic hydroxyl groups excluding tert-OH is 26. The van der Waals surface area contributed by atoms with Gasteiger partial charge in [-0.25, -0.2) is 4.79 Å². The van der Waals surface area contributed by atoms with Crippen LogP contribution in [-0.2, 0) is 114 Å². The molecule has 55 nitrogen and oxygen atoms in total. The van der Waals surface area contributed by atoms with Gasteiger partial charge in [-0.3, -0.25) is 19.2 Å². The average Bonchev–Trinajstić information content (AvgIpc) is 0.763. The Morgan fingerprint density at radius 2 is 0.561 bits per heavy atom. The van der Waals surface area contributed by atoms with Crippen LogP contribution in [0.4, 0.5) is 0 Å². The molecule has 0 aromatic carbocycles. The van der Waals surface area contributed by atoms with E-state index >= 15 is 0 Å². The lowest BCUT2D eigenvalue weighted by Crippen LogP contribution is -2.71. The molecule has 710 valence electrons. The first-order chi connectivity index (χ1) is 58.0. The van der Waals surface area contributed by atoms with E-state index in [1.807, 2.05) is 0 Å². The number of carbonyl (C=O) groups excluding carboxylic acids is 4. The van der Waals surface area contributed by atoms with Crippen LogP contribution >= 0.6 is 0 Å². The number of nitrogens with one attached hydrogen (secondary N) is 4. The van der Waals surface area contributed by atoms with Crippen molar-refractivity contribution in [1.82, 2.24) is 21.3 Å². The molecule has 10 fully saturated rings. The predicted molar refractivity (Wildman–Crippen MR) is 375 cm³/mol. The maximum absolute atomic E-state index is 13.2. The number of carboxylic acid groups (broad SMARTS) is 1. The molecule has 0 saturated carbocycles. The molecule has 10 aliphatic heterocycles. The lowest BCUT2D eigenvalue weighted by atomic mass is 9.93. The third-order valence-corrected chi connectivity index (χ3v) is 22.4. The Hall–Kier alpha value is -4.45. The number of hydrogen-bond acceptors (Lipinski definition) is 50. The summed E-state index contributed by atoms with van der Waals surface area (Å²) in [6.45, 7) is -4.04.